The van der Waals surface area contributed by atoms with Gasteiger partial charge in [-0.3, -0.25) is 4.57 Å². The van der Waals surface area contributed by atoms with Crippen LogP contribution in [0.3, 0.4) is 0 Å². The summed E-state index contributed by atoms with van der Waals surface area (Å²) in [5, 5.41) is 9.66. The van der Waals surface area contributed by atoms with Crippen LogP contribution in [-0.4, -0.2) is 32.7 Å². The van der Waals surface area contributed by atoms with Gasteiger partial charge in [0.2, 0.25) is 0 Å². The third kappa shape index (κ3) is 2.09. The Balaban J connectivity index is 2.27. The van der Waals surface area contributed by atoms with Crippen molar-refractivity contribution in [3.8, 4) is 0 Å². The smallest absolute Gasteiger partial charge is 0.153 e. The first-order valence-corrected chi connectivity index (χ1v) is 5.65. The molecule has 98 valence electrons. The number of aliphatic hydroxyl groups excluding tert-OH is 1. The fraction of sp³-hybridized carbons (Fsp3) is 0.455. The van der Waals surface area contributed by atoms with E-state index in [1.54, 1.807) is 4.57 Å². The molecule has 2 heterocycles. The molecular weight excluding hydrogens is 234 g/mol. The molecular formula is C11H17N5O2. The molecule has 0 bridgehead atoms. The molecule has 0 saturated carbocycles. The van der Waals surface area contributed by atoms with E-state index in [1.807, 2.05) is 6.92 Å². The van der Waals surface area contributed by atoms with E-state index in [9.17, 15) is 5.11 Å². The van der Waals surface area contributed by atoms with Gasteiger partial charge >= 0.3 is 0 Å². The van der Waals surface area contributed by atoms with Crippen molar-refractivity contribution >= 4 is 11.7 Å². The molecule has 1 aliphatic heterocycles. The number of ether oxygens (including phenoxy) is 1. The van der Waals surface area contributed by atoms with Gasteiger partial charge in [0.1, 0.15) is 17.7 Å². The summed E-state index contributed by atoms with van der Waals surface area (Å²) in [5.74, 6) is 0.567. The summed E-state index contributed by atoms with van der Waals surface area (Å²) in [5.41, 5.74) is 12.1. The molecule has 2 rings (SSSR count). The van der Waals surface area contributed by atoms with Gasteiger partial charge in [-0.15, -0.1) is 0 Å². The van der Waals surface area contributed by atoms with Crippen LogP contribution < -0.4 is 11.5 Å². The molecule has 1 aromatic heterocycles. The zero-order valence-corrected chi connectivity index (χ0v) is 10.2. The highest BCUT2D eigenvalue weighted by Gasteiger charge is 2.33. The Kier molecular flexibility index (Phi) is 3.35. The van der Waals surface area contributed by atoms with Crippen LogP contribution in [0.5, 0.6) is 0 Å². The third-order valence-electron chi connectivity index (χ3n) is 2.97. The second-order valence-electron chi connectivity index (χ2n) is 4.18. The summed E-state index contributed by atoms with van der Waals surface area (Å²) in [6.07, 6.45) is 2.28. The lowest BCUT2D eigenvalue weighted by molar-refractivity contribution is -0.00696. The Morgan fingerprint density at radius 3 is 3.06 bits per heavy atom. The molecule has 0 aliphatic carbocycles. The van der Waals surface area contributed by atoms with E-state index in [4.69, 9.17) is 16.2 Å². The Labute approximate surface area is 105 Å². The van der Waals surface area contributed by atoms with Gasteiger partial charge in [0.25, 0.3) is 0 Å². The van der Waals surface area contributed by atoms with Crippen molar-refractivity contribution in [1.82, 2.24) is 9.55 Å². The van der Waals surface area contributed by atoms with Gasteiger partial charge in [0.05, 0.1) is 18.5 Å². The molecule has 5 N–H and O–H groups in total. The van der Waals surface area contributed by atoms with Crippen LogP contribution in [0.15, 0.2) is 24.1 Å². The fourth-order valence-electron chi connectivity index (χ4n) is 1.93. The summed E-state index contributed by atoms with van der Waals surface area (Å²) in [7, 11) is 0. The number of anilines is 1. The minimum atomic E-state index is -0.501. The van der Waals surface area contributed by atoms with E-state index in [2.05, 4.69) is 16.6 Å². The van der Waals surface area contributed by atoms with Crippen LogP contribution in [0.1, 0.15) is 25.3 Å². The lowest BCUT2D eigenvalue weighted by atomic mass is 10.2. The van der Waals surface area contributed by atoms with Crippen molar-refractivity contribution in [1.29, 1.82) is 0 Å². The molecule has 3 atom stereocenters. The van der Waals surface area contributed by atoms with Gasteiger partial charge in [-0.05, 0) is 6.92 Å². The zero-order chi connectivity index (χ0) is 13.3. The van der Waals surface area contributed by atoms with Gasteiger partial charge in [-0.25, -0.2) is 9.98 Å². The van der Waals surface area contributed by atoms with Crippen molar-refractivity contribution in [2.75, 3.05) is 5.73 Å². The van der Waals surface area contributed by atoms with E-state index in [0.717, 1.165) is 0 Å². The van der Waals surface area contributed by atoms with E-state index in [-0.39, 0.29) is 18.2 Å². The fourth-order valence-corrected chi connectivity index (χ4v) is 1.93. The number of nitrogens with two attached hydrogens (primary N) is 2. The normalized spacial score (nSPS) is 28.6. The quantitative estimate of drug-likeness (QED) is 0.516. The van der Waals surface area contributed by atoms with Gasteiger partial charge < -0.3 is 21.3 Å². The molecule has 1 aliphatic rings. The maximum atomic E-state index is 9.66. The number of aromatic nitrogens is 2. The number of amidine groups is 1. The van der Waals surface area contributed by atoms with Gasteiger partial charge in [0.15, 0.2) is 5.84 Å². The average Bonchev–Trinajstić information content (AvgIpc) is 2.84. The van der Waals surface area contributed by atoms with E-state index >= 15 is 0 Å². The molecule has 18 heavy (non-hydrogen) atoms. The SMILES string of the molecule is C=CN=C(N)c1ncn([C@H]2C[C@H](O)[C@@H](C)O2)c1N. The van der Waals surface area contributed by atoms with E-state index in [0.29, 0.717) is 17.9 Å². The molecule has 1 fully saturated rings. The van der Waals surface area contributed by atoms with Gasteiger partial charge in [0, 0.05) is 12.6 Å². The number of imidazole rings is 1. The largest absolute Gasteiger partial charge is 0.390 e. The number of aliphatic hydroxyl groups is 1. The molecule has 1 saturated heterocycles. The third-order valence-corrected chi connectivity index (χ3v) is 2.97. The molecule has 7 nitrogen and oxygen atoms in total. The highest BCUT2D eigenvalue weighted by atomic mass is 16.5. The average molecular weight is 251 g/mol. The Morgan fingerprint density at radius 1 is 1.78 bits per heavy atom. The van der Waals surface area contributed by atoms with Crippen molar-refractivity contribution in [3.05, 3.63) is 24.8 Å². The second kappa shape index (κ2) is 4.79. The number of nitrogens with zero attached hydrogens (tertiary/aromatic N) is 3. The number of hydrogen-bond donors (Lipinski definition) is 3. The maximum Gasteiger partial charge on any atom is 0.153 e. The number of hydrogen-bond acceptors (Lipinski definition) is 5. The Morgan fingerprint density at radius 2 is 2.50 bits per heavy atom. The second-order valence-corrected chi connectivity index (χ2v) is 4.18. The minimum Gasteiger partial charge on any atom is -0.390 e. The van der Waals surface area contributed by atoms with Crippen molar-refractivity contribution in [3.63, 3.8) is 0 Å². The number of aliphatic imine (C=N–C) groups is 1. The van der Waals surface area contributed by atoms with Crippen LogP contribution in [-0.2, 0) is 4.74 Å². The molecule has 1 aromatic rings. The first kappa shape index (κ1) is 12.6. The van der Waals surface area contributed by atoms with Crippen LogP contribution in [0.4, 0.5) is 5.82 Å². The summed E-state index contributed by atoms with van der Waals surface area (Å²) >= 11 is 0. The van der Waals surface area contributed by atoms with Crippen molar-refractivity contribution < 1.29 is 9.84 Å². The molecule has 7 heteroatoms. The van der Waals surface area contributed by atoms with Gasteiger partial charge in [-0.1, -0.05) is 6.58 Å². The topological polar surface area (TPSA) is 112 Å². The highest BCUT2D eigenvalue weighted by molar-refractivity contribution is 5.99. The molecule has 0 amide bonds. The summed E-state index contributed by atoms with van der Waals surface area (Å²) in [6.45, 7) is 5.27. The first-order valence-electron chi connectivity index (χ1n) is 5.65. The van der Waals surface area contributed by atoms with Crippen molar-refractivity contribution in [2.24, 2.45) is 10.7 Å². The maximum absolute atomic E-state index is 9.66. The molecule has 0 aromatic carbocycles. The van der Waals surface area contributed by atoms with Crippen LogP contribution in [0.2, 0.25) is 0 Å². The van der Waals surface area contributed by atoms with Gasteiger partial charge in [-0.2, -0.15) is 0 Å². The molecule has 0 radical (unpaired) electrons. The Bertz CT molecular complexity index is 472. The predicted molar refractivity (Wildman–Crippen MR) is 67.8 cm³/mol. The first-order chi connectivity index (χ1) is 8.54. The standard InChI is InChI=1S/C11H17N5O2/c1-3-14-10(12)9-11(13)16(5-15-9)8-4-7(17)6(2)18-8/h3,5-8,17H,1,4,13H2,2H3,(H2,12,14)/t6-,7+,8-/m1/s1. The van der Waals surface area contributed by atoms with E-state index in [1.165, 1.54) is 12.5 Å². The summed E-state index contributed by atoms with van der Waals surface area (Å²) < 4.78 is 7.23. The number of nitrogen functional groups attached to an aromatic ring is 1. The van der Waals surface area contributed by atoms with E-state index < -0.39 is 6.10 Å². The highest BCUT2D eigenvalue weighted by Crippen LogP contribution is 2.30. The molecule has 0 unspecified atom stereocenters. The zero-order valence-electron chi connectivity index (χ0n) is 10.2. The van der Waals surface area contributed by atoms with Crippen molar-refractivity contribution in [2.45, 2.75) is 31.8 Å². The van der Waals surface area contributed by atoms with Crippen LogP contribution in [0.25, 0.3) is 0 Å². The number of rotatable bonds is 3. The monoisotopic (exact) mass is 251 g/mol. The summed E-state index contributed by atoms with van der Waals surface area (Å²) in [6, 6.07) is 0. The lowest BCUT2D eigenvalue weighted by Crippen LogP contribution is -2.17. The Hall–Kier alpha value is -1.86. The minimum absolute atomic E-state index is 0.202. The van der Waals surface area contributed by atoms with Crippen LogP contribution in [0, 0.1) is 0 Å². The molecule has 0 spiro atoms. The lowest BCUT2D eigenvalue weighted by Gasteiger charge is -2.13. The predicted octanol–water partition coefficient (Wildman–Crippen LogP) is -0.0176. The van der Waals surface area contributed by atoms with Crippen LogP contribution >= 0.6 is 0 Å². The summed E-state index contributed by atoms with van der Waals surface area (Å²) in [4.78, 5) is 7.94.